The predicted molar refractivity (Wildman–Crippen MR) is 218 cm³/mol. The van der Waals surface area contributed by atoms with E-state index in [1.165, 1.54) is 74.9 Å². The third-order valence-corrected chi connectivity index (χ3v) is 7.38. The Kier molecular flexibility index (Phi) is 21.1. The maximum atomic E-state index is 3.56. The summed E-state index contributed by atoms with van der Waals surface area (Å²) >= 11 is 0. The minimum atomic E-state index is 1.15. The van der Waals surface area contributed by atoms with Gasteiger partial charge in [0.25, 0.3) is 0 Å². The molecule has 0 aliphatic rings. The van der Waals surface area contributed by atoms with Crippen LogP contribution in [0, 0.1) is 34.6 Å². The topological polar surface area (TPSA) is 0 Å². The lowest BCUT2D eigenvalue weighted by Crippen LogP contribution is -1.85. The van der Waals surface area contributed by atoms with Crippen molar-refractivity contribution in [1.29, 1.82) is 0 Å². The van der Waals surface area contributed by atoms with E-state index in [9.17, 15) is 0 Å². The largest absolute Gasteiger partial charge is 0.0991 e. The minimum absolute atomic E-state index is 1.15. The minimum Gasteiger partial charge on any atom is -0.0991 e. The van der Waals surface area contributed by atoms with Crippen LogP contribution in [0.5, 0.6) is 0 Å². The fourth-order valence-electron chi connectivity index (χ4n) is 4.54. The van der Waals surface area contributed by atoms with Crippen LogP contribution in [-0.2, 0) is 6.42 Å². The van der Waals surface area contributed by atoms with E-state index in [0.29, 0.717) is 0 Å². The molecule has 0 amide bonds. The lowest BCUT2D eigenvalue weighted by molar-refractivity contribution is 0.921. The van der Waals surface area contributed by atoms with E-state index in [-0.39, 0.29) is 0 Å². The maximum Gasteiger partial charge on any atom is -0.0152 e. The summed E-state index contributed by atoms with van der Waals surface area (Å²) in [4.78, 5) is 0. The molecule has 0 spiro atoms. The molecule has 252 valence electrons. The van der Waals surface area contributed by atoms with Crippen molar-refractivity contribution in [2.45, 2.75) is 81.6 Å². The first-order valence-electron chi connectivity index (χ1n) is 17.3. The van der Waals surface area contributed by atoms with Crippen LogP contribution in [0.15, 0.2) is 158 Å². The normalized spacial score (nSPS) is 9.90. The van der Waals surface area contributed by atoms with Gasteiger partial charge in [-0.2, -0.15) is 0 Å². The molecule has 0 bridgehead atoms. The van der Waals surface area contributed by atoms with Crippen molar-refractivity contribution >= 4 is 0 Å². The van der Waals surface area contributed by atoms with Crippen LogP contribution in [0.25, 0.3) is 22.3 Å². The molecular formula is C48H60. The quantitative estimate of drug-likeness (QED) is 0.163. The number of rotatable bonds is 6. The Bertz CT molecular complexity index is 1520. The van der Waals surface area contributed by atoms with E-state index in [1.54, 1.807) is 12.2 Å². The Hall–Kier alpha value is -4.68. The molecular weight excluding hydrogens is 577 g/mol. The molecule has 0 heterocycles. The van der Waals surface area contributed by atoms with Crippen molar-refractivity contribution < 1.29 is 0 Å². The highest BCUT2D eigenvalue weighted by Crippen LogP contribution is 2.25. The number of hydrogen-bond donors (Lipinski definition) is 0. The average Bonchev–Trinajstić information content (AvgIpc) is 3.09. The zero-order valence-electron chi connectivity index (χ0n) is 31.3. The van der Waals surface area contributed by atoms with E-state index in [1.807, 2.05) is 13.0 Å². The fourth-order valence-corrected chi connectivity index (χ4v) is 4.54. The van der Waals surface area contributed by atoms with Crippen molar-refractivity contribution in [2.24, 2.45) is 0 Å². The van der Waals surface area contributed by atoms with E-state index >= 15 is 0 Å². The second kappa shape index (κ2) is 24.5. The summed E-state index contributed by atoms with van der Waals surface area (Å²) in [5.41, 5.74) is 14.5. The monoisotopic (exact) mass is 636 g/mol. The van der Waals surface area contributed by atoms with Gasteiger partial charge < -0.3 is 0 Å². The van der Waals surface area contributed by atoms with Crippen molar-refractivity contribution in [2.75, 3.05) is 0 Å². The lowest BCUT2D eigenvalue weighted by Gasteiger charge is -2.08. The maximum absolute atomic E-state index is 3.56. The molecule has 5 rings (SSSR count). The summed E-state index contributed by atoms with van der Waals surface area (Å²) in [7, 11) is 0. The van der Waals surface area contributed by atoms with Gasteiger partial charge in [0, 0.05) is 0 Å². The second-order valence-corrected chi connectivity index (χ2v) is 12.2. The Labute approximate surface area is 294 Å². The number of benzene rings is 5. The highest BCUT2D eigenvalue weighted by Gasteiger charge is 2.02. The van der Waals surface area contributed by atoms with E-state index in [2.05, 4.69) is 190 Å². The van der Waals surface area contributed by atoms with Gasteiger partial charge in [-0.1, -0.05) is 209 Å². The summed E-state index contributed by atoms with van der Waals surface area (Å²) in [6, 6.07) is 43.0. The van der Waals surface area contributed by atoms with Crippen molar-refractivity contribution in [3.8, 4) is 22.3 Å². The molecule has 0 fully saturated rings. The third kappa shape index (κ3) is 16.8. The predicted octanol–water partition coefficient (Wildman–Crippen LogP) is 14.6. The zero-order valence-corrected chi connectivity index (χ0v) is 31.3. The molecule has 0 aliphatic carbocycles. The number of aryl methyl sites for hydroxylation is 6. The van der Waals surface area contributed by atoms with Gasteiger partial charge in [0.15, 0.2) is 0 Å². The van der Waals surface area contributed by atoms with Gasteiger partial charge in [0.05, 0.1) is 0 Å². The first-order valence-corrected chi connectivity index (χ1v) is 17.3. The van der Waals surface area contributed by atoms with Gasteiger partial charge in [-0.05, 0) is 86.9 Å². The molecule has 0 heteroatoms. The lowest BCUT2D eigenvalue weighted by atomic mass is 9.97. The Morgan fingerprint density at radius 1 is 0.521 bits per heavy atom. The van der Waals surface area contributed by atoms with Crippen LogP contribution in [0.4, 0.5) is 0 Å². The fraction of sp³-hybridized carbons (Fsp3) is 0.250. The van der Waals surface area contributed by atoms with Gasteiger partial charge in [0.2, 0.25) is 0 Å². The van der Waals surface area contributed by atoms with Crippen LogP contribution < -0.4 is 0 Å². The van der Waals surface area contributed by atoms with Gasteiger partial charge in [-0.25, -0.2) is 0 Å². The van der Waals surface area contributed by atoms with Crippen LogP contribution in [0.3, 0.4) is 0 Å². The standard InChI is InChI=1S/2C14H14.C10H14.C7H10.C3H8/c1-11-3-7-13(8-4-11)14-9-5-12(2)6-10-14;1-11-7-3-5-9-13(11)14-10-6-4-8-12(14)2;1-3-4-10-7-5-9(2)6-8-10;1-4-6-7(3)5-2;1-3-2/h2*3-10H,1-2H3;5-8H,3-4H2,1-2H3;4-6H,1-2H2,3H3;3H2,1-2H3/b;;;7-6-;. The Balaban J connectivity index is 0.000000321. The van der Waals surface area contributed by atoms with Crippen molar-refractivity contribution in [3.63, 3.8) is 0 Å². The molecule has 0 nitrogen and oxygen atoms in total. The van der Waals surface area contributed by atoms with Crippen LogP contribution in [-0.4, -0.2) is 0 Å². The van der Waals surface area contributed by atoms with Crippen LogP contribution >= 0.6 is 0 Å². The number of hydrogen-bond acceptors (Lipinski definition) is 0. The second-order valence-electron chi connectivity index (χ2n) is 12.2. The van der Waals surface area contributed by atoms with Crippen LogP contribution in [0.1, 0.15) is 73.9 Å². The molecule has 0 aliphatic heterocycles. The van der Waals surface area contributed by atoms with E-state index in [0.717, 1.165) is 5.57 Å². The highest BCUT2D eigenvalue weighted by atomic mass is 14.1. The van der Waals surface area contributed by atoms with Crippen molar-refractivity contribution in [3.05, 3.63) is 192 Å². The van der Waals surface area contributed by atoms with Gasteiger partial charge in [-0.3, -0.25) is 0 Å². The van der Waals surface area contributed by atoms with Gasteiger partial charge in [0.1, 0.15) is 0 Å². The highest BCUT2D eigenvalue weighted by molar-refractivity contribution is 5.70. The smallest absolute Gasteiger partial charge is 0.0152 e. The molecule has 0 atom stereocenters. The molecule has 48 heavy (non-hydrogen) atoms. The molecule has 5 aromatic carbocycles. The molecule has 0 saturated carbocycles. The summed E-state index contributed by atoms with van der Waals surface area (Å²) in [5.74, 6) is 0. The first kappa shape index (κ1) is 41.3. The average molecular weight is 637 g/mol. The first-order chi connectivity index (χ1) is 23.1. The summed E-state index contributed by atoms with van der Waals surface area (Å²) < 4.78 is 0. The summed E-state index contributed by atoms with van der Waals surface area (Å²) in [6.07, 6.45) is 9.15. The van der Waals surface area contributed by atoms with Crippen molar-refractivity contribution in [1.82, 2.24) is 0 Å². The molecule has 0 saturated heterocycles. The Morgan fingerprint density at radius 2 is 0.875 bits per heavy atom. The number of allylic oxidation sites excluding steroid dienone is 4. The molecule has 0 N–H and O–H groups in total. The summed E-state index contributed by atoms with van der Waals surface area (Å²) in [5, 5.41) is 0. The molecule has 5 aromatic rings. The molecule has 0 radical (unpaired) electrons. The molecule has 0 aromatic heterocycles. The zero-order chi connectivity index (χ0) is 35.7. The van der Waals surface area contributed by atoms with Crippen LogP contribution in [0.2, 0.25) is 0 Å². The summed E-state index contributed by atoms with van der Waals surface area (Å²) in [6.45, 7) is 26.2. The van der Waals surface area contributed by atoms with Gasteiger partial charge >= 0.3 is 0 Å². The van der Waals surface area contributed by atoms with E-state index < -0.39 is 0 Å². The third-order valence-electron chi connectivity index (χ3n) is 7.38. The van der Waals surface area contributed by atoms with E-state index in [4.69, 9.17) is 0 Å². The SMILES string of the molecule is C=C/C=C(/C)C=C.CCC.CCCc1ccc(C)cc1.Cc1ccc(-c2ccc(C)cc2)cc1.Cc1ccccc1-c1ccccc1C. The van der Waals surface area contributed by atoms with Gasteiger partial charge in [-0.15, -0.1) is 0 Å². The Morgan fingerprint density at radius 3 is 1.17 bits per heavy atom. The molecule has 0 unspecified atom stereocenters.